The fourth-order valence-electron chi connectivity index (χ4n) is 4.53. The van der Waals surface area contributed by atoms with E-state index in [1.54, 1.807) is 12.1 Å². The van der Waals surface area contributed by atoms with Crippen molar-refractivity contribution in [1.29, 1.82) is 0 Å². The Labute approximate surface area is 159 Å². The number of amides is 1. The van der Waals surface area contributed by atoms with Crippen LogP contribution in [0.15, 0.2) is 48.7 Å². The highest BCUT2D eigenvalue weighted by atomic mass is 35.5. The Kier molecular flexibility index (Phi) is 4.72. The number of carbonyl (C=O) groups is 1. The predicted molar refractivity (Wildman–Crippen MR) is 104 cm³/mol. The summed E-state index contributed by atoms with van der Waals surface area (Å²) in [6.07, 6.45) is 4.75. The van der Waals surface area contributed by atoms with Gasteiger partial charge >= 0.3 is 0 Å². The van der Waals surface area contributed by atoms with Crippen molar-refractivity contribution in [2.24, 2.45) is 0 Å². The van der Waals surface area contributed by atoms with Crippen LogP contribution in [0.3, 0.4) is 0 Å². The van der Waals surface area contributed by atoms with Gasteiger partial charge in [0.1, 0.15) is 5.69 Å². The van der Waals surface area contributed by atoms with Gasteiger partial charge in [0.05, 0.1) is 5.02 Å². The summed E-state index contributed by atoms with van der Waals surface area (Å²) in [5.74, 6) is 0.596. The summed E-state index contributed by atoms with van der Waals surface area (Å²) >= 11 is 5.87. The molecule has 3 heterocycles. The largest absolute Gasteiger partial charge is 0.337 e. The topological polar surface area (TPSA) is 36.4 Å². The molecule has 1 amide bonds. The summed E-state index contributed by atoms with van der Waals surface area (Å²) in [5.41, 5.74) is 2.12. The monoisotopic (exact) mass is 369 g/mol. The normalized spacial score (nSPS) is 22.7. The number of hydrogen-bond acceptors (Lipinski definition) is 3. The van der Waals surface area contributed by atoms with Gasteiger partial charge in [0.2, 0.25) is 0 Å². The van der Waals surface area contributed by atoms with Gasteiger partial charge in [-0.3, -0.25) is 9.69 Å². The van der Waals surface area contributed by atoms with E-state index in [0.717, 1.165) is 32.5 Å². The number of rotatable bonds is 2. The van der Waals surface area contributed by atoms with Crippen LogP contribution < -0.4 is 0 Å². The number of likely N-dealkylation sites (tertiary alicyclic amines) is 2. The summed E-state index contributed by atoms with van der Waals surface area (Å²) in [4.78, 5) is 21.3. The van der Waals surface area contributed by atoms with E-state index in [0.29, 0.717) is 16.6 Å². The molecule has 0 saturated carbocycles. The maximum atomic E-state index is 12.7. The van der Waals surface area contributed by atoms with Crippen LogP contribution in [0, 0.1) is 0 Å². The van der Waals surface area contributed by atoms with Crippen molar-refractivity contribution in [3.05, 3.63) is 64.9 Å². The Bertz CT molecular complexity index is 770. The van der Waals surface area contributed by atoms with E-state index in [1.807, 2.05) is 4.90 Å². The quantitative estimate of drug-likeness (QED) is 0.807. The minimum absolute atomic E-state index is 0.0109. The van der Waals surface area contributed by atoms with Crippen LogP contribution in [0.2, 0.25) is 5.02 Å². The second-order valence-corrected chi connectivity index (χ2v) is 8.01. The van der Waals surface area contributed by atoms with Crippen molar-refractivity contribution >= 4 is 17.5 Å². The molecule has 2 fully saturated rings. The highest BCUT2D eigenvalue weighted by molar-refractivity contribution is 6.30. The molecule has 4 nitrogen and oxygen atoms in total. The number of hydrogen-bond donors (Lipinski definition) is 0. The Hall–Kier alpha value is -1.91. The van der Waals surface area contributed by atoms with E-state index in [9.17, 15) is 4.79 Å². The van der Waals surface area contributed by atoms with Gasteiger partial charge in [-0.2, -0.15) is 0 Å². The molecule has 0 unspecified atom stereocenters. The molecule has 2 aliphatic heterocycles. The van der Waals surface area contributed by atoms with E-state index in [4.69, 9.17) is 11.6 Å². The Morgan fingerprint density at radius 3 is 2.54 bits per heavy atom. The average molecular weight is 370 g/mol. The average Bonchev–Trinajstić information content (AvgIpc) is 2.99. The summed E-state index contributed by atoms with van der Waals surface area (Å²) < 4.78 is 0. The second kappa shape index (κ2) is 7.01. The van der Waals surface area contributed by atoms with Crippen molar-refractivity contribution in [2.45, 2.75) is 30.7 Å². The van der Waals surface area contributed by atoms with Crippen molar-refractivity contribution in [2.75, 3.05) is 26.7 Å². The number of likely N-dealkylation sites (N-methyl/N-ethyl adjacent to an activating group) is 1. The van der Waals surface area contributed by atoms with Crippen LogP contribution in [0.1, 0.15) is 41.2 Å². The zero-order valence-corrected chi connectivity index (χ0v) is 15.8. The molecule has 0 N–H and O–H groups in total. The van der Waals surface area contributed by atoms with Gasteiger partial charge in [0.25, 0.3) is 5.91 Å². The van der Waals surface area contributed by atoms with E-state index < -0.39 is 0 Å². The van der Waals surface area contributed by atoms with Crippen LogP contribution >= 0.6 is 11.6 Å². The lowest BCUT2D eigenvalue weighted by Gasteiger charge is -2.43. The number of halogens is 1. The SMILES string of the molecule is CN1C[C@H](c2ccccc2)CC12CCN(C(=O)c1ccc(Cl)cn1)CC2. The van der Waals surface area contributed by atoms with E-state index >= 15 is 0 Å². The third kappa shape index (κ3) is 3.24. The molecule has 0 radical (unpaired) electrons. The molecule has 1 aromatic heterocycles. The summed E-state index contributed by atoms with van der Waals surface area (Å²) in [5, 5.41) is 0.554. The molecule has 1 atom stereocenters. The van der Waals surface area contributed by atoms with Gasteiger partial charge in [-0.1, -0.05) is 41.9 Å². The first kappa shape index (κ1) is 17.5. The molecule has 26 heavy (non-hydrogen) atoms. The third-order valence-electron chi connectivity index (χ3n) is 6.13. The van der Waals surface area contributed by atoms with Crippen molar-refractivity contribution in [3.63, 3.8) is 0 Å². The number of aromatic nitrogens is 1. The molecule has 1 aromatic carbocycles. The second-order valence-electron chi connectivity index (χ2n) is 7.57. The standard InChI is InChI=1S/C21H24ClN3O/c1-24-15-17(16-5-3-2-4-6-16)13-21(24)9-11-25(12-10-21)20(26)19-8-7-18(22)14-23-19/h2-8,14,17H,9-13,15H2,1H3/t17-/m1/s1. The third-order valence-corrected chi connectivity index (χ3v) is 6.35. The maximum absolute atomic E-state index is 12.7. The Balaban J connectivity index is 1.43. The van der Waals surface area contributed by atoms with E-state index in [1.165, 1.54) is 18.2 Å². The van der Waals surface area contributed by atoms with Crippen molar-refractivity contribution in [1.82, 2.24) is 14.8 Å². The van der Waals surface area contributed by atoms with E-state index in [2.05, 4.69) is 47.3 Å². The number of pyridine rings is 1. The van der Waals surface area contributed by atoms with Gasteiger partial charge in [0.15, 0.2) is 0 Å². The molecule has 0 aliphatic carbocycles. The number of carbonyl (C=O) groups excluding carboxylic acids is 1. The van der Waals surface area contributed by atoms with Crippen LogP contribution in [0.5, 0.6) is 0 Å². The molecule has 1 spiro atoms. The van der Waals surface area contributed by atoms with Crippen LogP contribution in [0.4, 0.5) is 0 Å². The summed E-state index contributed by atoms with van der Waals surface area (Å²) in [6, 6.07) is 14.2. The van der Waals surface area contributed by atoms with Crippen LogP contribution in [-0.4, -0.2) is 52.9 Å². The van der Waals surface area contributed by atoms with Gasteiger partial charge in [-0.25, -0.2) is 4.98 Å². The lowest BCUT2D eigenvalue weighted by atomic mass is 9.81. The molecule has 2 saturated heterocycles. The minimum Gasteiger partial charge on any atom is -0.337 e. The first-order chi connectivity index (χ1) is 12.6. The van der Waals surface area contributed by atoms with Gasteiger partial charge in [0, 0.05) is 31.4 Å². The smallest absolute Gasteiger partial charge is 0.272 e. The molecule has 0 bridgehead atoms. The Morgan fingerprint density at radius 1 is 1.15 bits per heavy atom. The van der Waals surface area contributed by atoms with Crippen molar-refractivity contribution in [3.8, 4) is 0 Å². The lowest BCUT2D eigenvalue weighted by Crippen LogP contribution is -2.52. The number of piperidine rings is 1. The predicted octanol–water partition coefficient (Wildman–Crippen LogP) is 3.83. The van der Waals surface area contributed by atoms with E-state index in [-0.39, 0.29) is 11.4 Å². The van der Waals surface area contributed by atoms with Gasteiger partial charge in [-0.05, 0) is 49.9 Å². The molecular formula is C21H24ClN3O. The fourth-order valence-corrected chi connectivity index (χ4v) is 4.64. The maximum Gasteiger partial charge on any atom is 0.272 e. The number of benzene rings is 1. The fraction of sp³-hybridized carbons (Fsp3) is 0.429. The molecule has 5 heteroatoms. The minimum atomic E-state index is 0.0109. The highest BCUT2D eigenvalue weighted by Gasteiger charge is 2.46. The molecule has 2 aliphatic rings. The number of nitrogens with zero attached hydrogens (tertiary/aromatic N) is 3. The van der Waals surface area contributed by atoms with Crippen molar-refractivity contribution < 1.29 is 4.79 Å². The first-order valence-electron chi connectivity index (χ1n) is 9.24. The van der Waals surface area contributed by atoms with Gasteiger partial charge < -0.3 is 4.90 Å². The molecule has 2 aromatic rings. The van der Waals surface area contributed by atoms with Crippen LogP contribution in [-0.2, 0) is 0 Å². The van der Waals surface area contributed by atoms with Crippen LogP contribution in [0.25, 0.3) is 0 Å². The summed E-state index contributed by atoms with van der Waals surface area (Å²) in [7, 11) is 2.24. The van der Waals surface area contributed by atoms with Gasteiger partial charge in [-0.15, -0.1) is 0 Å². The first-order valence-corrected chi connectivity index (χ1v) is 9.62. The zero-order valence-electron chi connectivity index (χ0n) is 15.1. The highest BCUT2D eigenvalue weighted by Crippen LogP contribution is 2.44. The lowest BCUT2D eigenvalue weighted by molar-refractivity contribution is 0.0487. The summed E-state index contributed by atoms with van der Waals surface area (Å²) in [6.45, 7) is 2.67. The Morgan fingerprint density at radius 2 is 1.88 bits per heavy atom. The zero-order chi connectivity index (χ0) is 18.1. The molecule has 4 rings (SSSR count). The molecule has 136 valence electrons. The molecular weight excluding hydrogens is 346 g/mol.